The van der Waals surface area contributed by atoms with Gasteiger partial charge in [0.2, 0.25) is 5.91 Å². The molecule has 0 N–H and O–H groups in total. The highest BCUT2D eigenvalue weighted by Crippen LogP contribution is 2.36. The summed E-state index contributed by atoms with van der Waals surface area (Å²) in [5.41, 5.74) is 2.35. The van der Waals surface area contributed by atoms with Crippen LogP contribution in [-0.4, -0.2) is 44.5 Å². The molecule has 0 bridgehead atoms. The number of para-hydroxylation sites is 1. The second-order valence-corrected chi connectivity index (χ2v) is 10.2. The van der Waals surface area contributed by atoms with E-state index < -0.39 is 0 Å². The van der Waals surface area contributed by atoms with Crippen LogP contribution in [0.3, 0.4) is 0 Å². The monoisotopic (exact) mass is 513 g/mol. The first-order valence-corrected chi connectivity index (χ1v) is 12.5. The Labute approximate surface area is 211 Å². The summed E-state index contributed by atoms with van der Waals surface area (Å²) in [6, 6.07) is 12.7. The molecule has 0 saturated carbocycles. The number of hydrogen-bond acceptors (Lipinski definition) is 4. The van der Waals surface area contributed by atoms with Crippen molar-refractivity contribution in [2.24, 2.45) is 0 Å². The Balaban J connectivity index is 1.42. The van der Waals surface area contributed by atoms with Crippen LogP contribution in [0.2, 0.25) is 10.0 Å². The van der Waals surface area contributed by atoms with Crippen molar-refractivity contribution in [2.45, 2.75) is 25.9 Å². The van der Waals surface area contributed by atoms with Crippen LogP contribution in [-0.2, 0) is 22.7 Å². The number of hydrogen-bond donors (Lipinski definition) is 0. The van der Waals surface area contributed by atoms with E-state index >= 15 is 0 Å². The van der Waals surface area contributed by atoms with Crippen LogP contribution in [0.1, 0.15) is 24.0 Å². The van der Waals surface area contributed by atoms with Gasteiger partial charge in [0.1, 0.15) is 6.54 Å². The van der Waals surface area contributed by atoms with Crippen LogP contribution in [0, 0.1) is 0 Å². The van der Waals surface area contributed by atoms with Crippen molar-refractivity contribution in [1.29, 1.82) is 0 Å². The summed E-state index contributed by atoms with van der Waals surface area (Å²) in [6.45, 7) is 1.92. The molecule has 2 aliphatic heterocycles. The van der Waals surface area contributed by atoms with E-state index in [2.05, 4.69) is 0 Å². The number of carbonyl (C=O) groups excluding carboxylic acids is 3. The molecule has 0 spiro atoms. The highest BCUT2D eigenvalue weighted by atomic mass is 35.5. The fourth-order valence-electron chi connectivity index (χ4n) is 4.33. The van der Waals surface area contributed by atoms with E-state index in [1.54, 1.807) is 24.3 Å². The molecule has 6 nitrogen and oxygen atoms in total. The van der Waals surface area contributed by atoms with Gasteiger partial charge in [0.25, 0.3) is 11.1 Å². The predicted octanol–water partition coefficient (Wildman–Crippen LogP) is 5.81. The summed E-state index contributed by atoms with van der Waals surface area (Å²) in [6.07, 6.45) is 5.69. The molecule has 0 atom stereocenters. The molecule has 2 aromatic carbocycles. The third kappa shape index (κ3) is 4.48. The minimum atomic E-state index is -0.369. The number of aromatic nitrogens is 1. The predicted molar refractivity (Wildman–Crippen MR) is 136 cm³/mol. The molecule has 2 aliphatic rings. The lowest BCUT2D eigenvalue weighted by atomic mass is 10.1. The summed E-state index contributed by atoms with van der Waals surface area (Å²) in [4.78, 5) is 41.9. The minimum Gasteiger partial charge on any atom is -0.341 e. The molecule has 3 heterocycles. The Hall–Kier alpha value is -2.74. The molecule has 9 heteroatoms. The number of benzene rings is 2. The largest absolute Gasteiger partial charge is 0.341 e. The van der Waals surface area contributed by atoms with Gasteiger partial charge in [0.15, 0.2) is 0 Å². The van der Waals surface area contributed by atoms with Gasteiger partial charge >= 0.3 is 0 Å². The standard InChI is InChI=1S/C25H21Cl2N3O3S/c26-18-8-7-16(20(27)12-18)14-30-24(32)22(34-25(30)33)11-17-13-29(21-6-2-1-5-19(17)21)15-23(31)28-9-3-4-10-28/h1-2,5-8,11-13H,3-4,9-10,14-15H2/b22-11-. The van der Waals surface area contributed by atoms with Gasteiger partial charge in [-0.15, -0.1) is 0 Å². The van der Waals surface area contributed by atoms with E-state index in [1.165, 1.54) is 4.90 Å². The number of likely N-dealkylation sites (tertiary alicyclic amines) is 1. The lowest BCUT2D eigenvalue weighted by molar-refractivity contribution is -0.130. The highest BCUT2D eigenvalue weighted by molar-refractivity contribution is 8.18. The number of carbonyl (C=O) groups is 3. The first-order chi connectivity index (χ1) is 16.4. The molecule has 5 rings (SSSR count). The summed E-state index contributed by atoms with van der Waals surface area (Å²) < 4.78 is 1.92. The molecule has 1 aromatic heterocycles. The number of rotatable bonds is 5. The van der Waals surface area contributed by atoms with Gasteiger partial charge < -0.3 is 9.47 Å². The van der Waals surface area contributed by atoms with Gasteiger partial charge in [-0.3, -0.25) is 19.3 Å². The molecule has 0 radical (unpaired) electrons. The van der Waals surface area contributed by atoms with Crippen LogP contribution < -0.4 is 0 Å². The van der Waals surface area contributed by atoms with Gasteiger partial charge in [0, 0.05) is 45.8 Å². The number of halogens is 2. The molecular weight excluding hydrogens is 493 g/mol. The zero-order valence-electron chi connectivity index (χ0n) is 18.2. The van der Waals surface area contributed by atoms with Gasteiger partial charge in [0.05, 0.1) is 11.4 Å². The van der Waals surface area contributed by atoms with Crippen molar-refractivity contribution in [1.82, 2.24) is 14.4 Å². The molecule has 3 aromatic rings. The van der Waals surface area contributed by atoms with Crippen molar-refractivity contribution in [3.8, 4) is 0 Å². The van der Waals surface area contributed by atoms with Crippen LogP contribution in [0.4, 0.5) is 4.79 Å². The van der Waals surface area contributed by atoms with Crippen molar-refractivity contribution >= 4 is 69.0 Å². The smallest absolute Gasteiger partial charge is 0.293 e. The third-order valence-corrected chi connectivity index (χ3v) is 7.58. The van der Waals surface area contributed by atoms with Crippen LogP contribution >= 0.6 is 35.0 Å². The third-order valence-electron chi connectivity index (χ3n) is 6.09. The highest BCUT2D eigenvalue weighted by Gasteiger charge is 2.35. The van der Waals surface area contributed by atoms with Crippen molar-refractivity contribution in [3.05, 3.63) is 74.7 Å². The van der Waals surface area contributed by atoms with E-state index in [9.17, 15) is 14.4 Å². The summed E-state index contributed by atoms with van der Waals surface area (Å²) in [5, 5.41) is 1.46. The van der Waals surface area contributed by atoms with E-state index in [4.69, 9.17) is 23.2 Å². The van der Waals surface area contributed by atoms with Crippen LogP contribution in [0.5, 0.6) is 0 Å². The number of imide groups is 1. The molecule has 2 fully saturated rings. The fraction of sp³-hybridized carbons (Fsp3) is 0.240. The van der Waals surface area contributed by atoms with E-state index in [-0.39, 0.29) is 30.1 Å². The fourth-order valence-corrected chi connectivity index (χ4v) is 5.63. The van der Waals surface area contributed by atoms with Crippen molar-refractivity contribution in [2.75, 3.05) is 13.1 Å². The SMILES string of the molecule is O=C(Cn1cc(/C=C2\SC(=O)N(Cc3ccc(Cl)cc3Cl)C2=O)c2ccccc21)N1CCCC1. The normalized spacial score (nSPS) is 17.5. The molecule has 0 unspecified atom stereocenters. The molecular formula is C25H21Cl2N3O3S. The maximum absolute atomic E-state index is 13.1. The maximum atomic E-state index is 13.1. The molecule has 0 aliphatic carbocycles. The Bertz CT molecular complexity index is 1340. The second-order valence-electron chi connectivity index (χ2n) is 8.32. The minimum absolute atomic E-state index is 0.0735. The van der Waals surface area contributed by atoms with Gasteiger partial charge in [-0.05, 0) is 54.4 Å². The summed E-state index contributed by atoms with van der Waals surface area (Å²) in [7, 11) is 0. The van der Waals surface area contributed by atoms with E-state index in [1.807, 2.05) is 39.9 Å². The topological polar surface area (TPSA) is 62.6 Å². The van der Waals surface area contributed by atoms with Crippen LogP contribution in [0.15, 0.2) is 53.6 Å². The van der Waals surface area contributed by atoms with Gasteiger partial charge in [-0.2, -0.15) is 0 Å². The number of fused-ring (bicyclic) bond motifs is 1. The lowest BCUT2D eigenvalue weighted by Crippen LogP contribution is -2.30. The summed E-state index contributed by atoms with van der Waals surface area (Å²) in [5.74, 6) is -0.282. The molecule has 34 heavy (non-hydrogen) atoms. The van der Waals surface area contributed by atoms with Crippen LogP contribution in [0.25, 0.3) is 17.0 Å². The second kappa shape index (κ2) is 9.49. The zero-order chi connectivity index (χ0) is 23.8. The zero-order valence-corrected chi connectivity index (χ0v) is 20.5. The lowest BCUT2D eigenvalue weighted by Gasteiger charge is -2.15. The molecule has 174 valence electrons. The number of thioether (sulfide) groups is 1. The van der Waals surface area contributed by atoms with Crippen molar-refractivity contribution in [3.63, 3.8) is 0 Å². The quantitative estimate of drug-likeness (QED) is 0.404. The Morgan fingerprint density at radius 1 is 1.06 bits per heavy atom. The van der Waals surface area contributed by atoms with E-state index in [0.29, 0.717) is 20.5 Å². The Morgan fingerprint density at radius 3 is 2.59 bits per heavy atom. The Kier molecular flexibility index (Phi) is 6.42. The first-order valence-electron chi connectivity index (χ1n) is 11.0. The molecule has 3 amide bonds. The maximum Gasteiger partial charge on any atom is 0.293 e. The van der Waals surface area contributed by atoms with Gasteiger partial charge in [-0.25, -0.2) is 0 Å². The average molecular weight is 514 g/mol. The van der Waals surface area contributed by atoms with E-state index in [0.717, 1.165) is 54.2 Å². The number of nitrogens with zero attached hydrogens (tertiary/aromatic N) is 3. The Morgan fingerprint density at radius 2 is 1.82 bits per heavy atom. The summed E-state index contributed by atoms with van der Waals surface area (Å²) >= 11 is 13.1. The van der Waals surface area contributed by atoms with Gasteiger partial charge in [-0.1, -0.05) is 47.5 Å². The average Bonchev–Trinajstić information content (AvgIpc) is 3.52. The molecule has 2 saturated heterocycles. The first kappa shape index (κ1) is 23.0. The van der Waals surface area contributed by atoms with Crippen molar-refractivity contribution < 1.29 is 14.4 Å². The number of amides is 3.